The molecule has 0 saturated heterocycles. The molecule has 16 heavy (non-hydrogen) atoms. The summed E-state index contributed by atoms with van der Waals surface area (Å²) in [6.45, 7) is 1.96. The molecule has 2 nitrogen and oxygen atoms in total. The van der Waals surface area contributed by atoms with Crippen molar-refractivity contribution >= 4 is 48.5 Å². The van der Waals surface area contributed by atoms with Crippen molar-refractivity contribution in [2.45, 2.75) is 6.92 Å². The molecule has 3 N–H and O–H groups in total. The summed E-state index contributed by atoms with van der Waals surface area (Å²) in [7, 11) is 0. The largest absolute Gasteiger partial charge is 0.384 e. The van der Waals surface area contributed by atoms with Crippen LogP contribution in [0.5, 0.6) is 0 Å². The number of rotatable bonds is 1. The van der Waals surface area contributed by atoms with Crippen LogP contribution in [0.4, 0.5) is 0 Å². The molecule has 0 amide bonds. The molecular weight excluding hydrogens is 332 g/mol. The first-order chi connectivity index (χ1) is 7.49. The van der Waals surface area contributed by atoms with Gasteiger partial charge in [-0.15, -0.1) is 0 Å². The standard InChI is InChI=1S/C12H10Br2N2/c1-6-2-7-4-10(13)11(14)5-8(7)3-9(6)12(15)16/h2-5H,1H3,(H3,15,16). The quantitative estimate of drug-likeness (QED) is 0.598. The Morgan fingerprint density at radius 1 is 1.06 bits per heavy atom. The second-order valence-electron chi connectivity index (χ2n) is 3.69. The number of benzene rings is 2. The molecule has 0 radical (unpaired) electrons. The van der Waals surface area contributed by atoms with E-state index in [0.29, 0.717) is 0 Å². The summed E-state index contributed by atoms with van der Waals surface area (Å²) in [6, 6.07) is 8.06. The van der Waals surface area contributed by atoms with E-state index in [9.17, 15) is 0 Å². The molecular formula is C12H10Br2N2. The van der Waals surface area contributed by atoms with E-state index in [0.717, 1.165) is 30.8 Å². The molecule has 0 fully saturated rings. The number of nitrogen functional groups attached to an aromatic ring is 1. The van der Waals surface area contributed by atoms with Gasteiger partial charge in [-0.3, -0.25) is 5.41 Å². The average molecular weight is 342 g/mol. The van der Waals surface area contributed by atoms with E-state index in [2.05, 4.69) is 37.9 Å². The third kappa shape index (κ3) is 1.99. The minimum atomic E-state index is 0.110. The van der Waals surface area contributed by atoms with Crippen molar-refractivity contribution in [3.05, 3.63) is 44.3 Å². The van der Waals surface area contributed by atoms with Crippen LogP contribution in [0.2, 0.25) is 0 Å². The topological polar surface area (TPSA) is 49.9 Å². The van der Waals surface area contributed by atoms with Crippen LogP contribution in [0.1, 0.15) is 11.1 Å². The van der Waals surface area contributed by atoms with Crippen molar-refractivity contribution in [2.24, 2.45) is 5.73 Å². The van der Waals surface area contributed by atoms with Crippen molar-refractivity contribution in [3.63, 3.8) is 0 Å². The number of hydrogen-bond acceptors (Lipinski definition) is 1. The highest BCUT2D eigenvalue weighted by atomic mass is 79.9. The zero-order valence-corrected chi connectivity index (χ0v) is 11.8. The van der Waals surface area contributed by atoms with Crippen molar-refractivity contribution in [3.8, 4) is 0 Å². The molecule has 2 aromatic carbocycles. The molecule has 0 aliphatic heterocycles. The molecule has 0 aliphatic carbocycles. The summed E-state index contributed by atoms with van der Waals surface area (Å²) in [6.07, 6.45) is 0. The summed E-state index contributed by atoms with van der Waals surface area (Å²) in [4.78, 5) is 0. The molecule has 4 heteroatoms. The summed E-state index contributed by atoms with van der Waals surface area (Å²) >= 11 is 6.94. The van der Waals surface area contributed by atoms with Crippen LogP contribution >= 0.6 is 31.9 Å². The zero-order valence-electron chi connectivity index (χ0n) is 8.64. The molecule has 82 valence electrons. The van der Waals surface area contributed by atoms with Crippen LogP contribution in [0.25, 0.3) is 10.8 Å². The van der Waals surface area contributed by atoms with Gasteiger partial charge in [-0.25, -0.2) is 0 Å². The molecule has 0 bridgehead atoms. The van der Waals surface area contributed by atoms with Crippen molar-refractivity contribution in [1.82, 2.24) is 0 Å². The molecule has 0 heterocycles. The molecule has 0 unspecified atom stereocenters. The number of fused-ring (bicyclic) bond motifs is 1. The van der Waals surface area contributed by atoms with Crippen molar-refractivity contribution in [1.29, 1.82) is 5.41 Å². The number of nitrogens with two attached hydrogens (primary N) is 1. The second kappa shape index (κ2) is 4.18. The van der Waals surface area contributed by atoms with Gasteiger partial charge in [0.25, 0.3) is 0 Å². The highest BCUT2D eigenvalue weighted by molar-refractivity contribution is 9.13. The Balaban J connectivity index is 2.79. The number of hydrogen-bond donors (Lipinski definition) is 2. The maximum absolute atomic E-state index is 7.50. The average Bonchev–Trinajstić information content (AvgIpc) is 2.19. The fourth-order valence-electron chi connectivity index (χ4n) is 1.70. The van der Waals surface area contributed by atoms with E-state index in [1.165, 1.54) is 0 Å². The first kappa shape index (κ1) is 11.6. The minimum absolute atomic E-state index is 0.110. The third-order valence-electron chi connectivity index (χ3n) is 2.51. The van der Waals surface area contributed by atoms with Crippen LogP contribution in [0.15, 0.2) is 33.2 Å². The Morgan fingerprint density at radius 3 is 2.06 bits per heavy atom. The Hall–Kier alpha value is -0.870. The molecule has 0 saturated carbocycles. The molecule has 2 aromatic rings. The first-order valence-electron chi connectivity index (χ1n) is 4.73. The smallest absolute Gasteiger partial charge is 0.123 e. The SMILES string of the molecule is Cc1cc2cc(Br)c(Br)cc2cc1C(=N)N. The maximum atomic E-state index is 7.50. The van der Waals surface area contributed by atoms with Gasteiger partial charge < -0.3 is 5.73 Å². The molecule has 0 aromatic heterocycles. The van der Waals surface area contributed by atoms with Gasteiger partial charge in [-0.05, 0) is 73.3 Å². The fraction of sp³-hybridized carbons (Fsp3) is 0.0833. The third-order valence-corrected chi connectivity index (χ3v) is 4.36. The lowest BCUT2D eigenvalue weighted by atomic mass is 10.0. The van der Waals surface area contributed by atoms with Gasteiger partial charge in [-0.1, -0.05) is 6.07 Å². The van der Waals surface area contributed by atoms with Gasteiger partial charge in [0.05, 0.1) is 0 Å². The van der Waals surface area contributed by atoms with Gasteiger partial charge >= 0.3 is 0 Å². The first-order valence-corrected chi connectivity index (χ1v) is 6.31. The Labute approximate surface area is 111 Å². The van der Waals surface area contributed by atoms with Gasteiger partial charge in [0.1, 0.15) is 5.84 Å². The highest BCUT2D eigenvalue weighted by Crippen LogP contribution is 2.30. The molecule has 0 spiro atoms. The Bertz CT molecular complexity index is 591. The van der Waals surface area contributed by atoms with Crippen LogP contribution in [0.3, 0.4) is 0 Å². The van der Waals surface area contributed by atoms with Crippen LogP contribution in [-0.4, -0.2) is 5.84 Å². The predicted octanol–water partition coefficient (Wildman–Crippen LogP) is 3.96. The van der Waals surface area contributed by atoms with Crippen LogP contribution in [0, 0.1) is 12.3 Å². The summed E-state index contributed by atoms with van der Waals surface area (Å²) in [5.74, 6) is 0.110. The summed E-state index contributed by atoms with van der Waals surface area (Å²) in [5, 5.41) is 9.72. The number of nitrogens with one attached hydrogen (secondary N) is 1. The minimum Gasteiger partial charge on any atom is -0.384 e. The Kier molecular flexibility index (Phi) is 3.04. The van der Waals surface area contributed by atoms with E-state index in [1.54, 1.807) is 0 Å². The summed E-state index contributed by atoms with van der Waals surface area (Å²) in [5.41, 5.74) is 7.35. The van der Waals surface area contributed by atoms with Gasteiger partial charge in [0, 0.05) is 14.5 Å². The second-order valence-corrected chi connectivity index (χ2v) is 5.40. The molecule has 0 aliphatic rings. The fourth-order valence-corrected chi connectivity index (χ4v) is 2.42. The van der Waals surface area contributed by atoms with E-state index in [4.69, 9.17) is 11.1 Å². The predicted molar refractivity (Wildman–Crippen MR) is 75.1 cm³/mol. The lowest BCUT2D eigenvalue weighted by Gasteiger charge is -2.08. The van der Waals surface area contributed by atoms with Crippen molar-refractivity contribution < 1.29 is 0 Å². The zero-order chi connectivity index (χ0) is 11.9. The number of amidine groups is 1. The normalized spacial score (nSPS) is 10.7. The summed E-state index contributed by atoms with van der Waals surface area (Å²) < 4.78 is 2.02. The number of aryl methyl sites for hydroxylation is 1. The van der Waals surface area contributed by atoms with Crippen LogP contribution in [-0.2, 0) is 0 Å². The van der Waals surface area contributed by atoms with Gasteiger partial charge in [-0.2, -0.15) is 0 Å². The van der Waals surface area contributed by atoms with Crippen molar-refractivity contribution in [2.75, 3.05) is 0 Å². The van der Waals surface area contributed by atoms with E-state index < -0.39 is 0 Å². The van der Waals surface area contributed by atoms with E-state index >= 15 is 0 Å². The number of halogens is 2. The lowest BCUT2D eigenvalue weighted by molar-refractivity contribution is 1.38. The maximum Gasteiger partial charge on any atom is 0.123 e. The van der Waals surface area contributed by atoms with E-state index in [-0.39, 0.29) is 5.84 Å². The monoisotopic (exact) mass is 340 g/mol. The molecule has 2 rings (SSSR count). The van der Waals surface area contributed by atoms with Gasteiger partial charge in [0.2, 0.25) is 0 Å². The van der Waals surface area contributed by atoms with Crippen LogP contribution < -0.4 is 5.73 Å². The lowest BCUT2D eigenvalue weighted by Crippen LogP contribution is -2.12. The van der Waals surface area contributed by atoms with E-state index in [1.807, 2.05) is 25.1 Å². The highest BCUT2D eigenvalue weighted by Gasteiger charge is 2.06. The molecule has 0 atom stereocenters. The Morgan fingerprint density at radius 2 is 1.56 bits per heavy atom. The van der Waals surface area contributed by atoms with Gasteiger partial charge in [0.15, 0.2) is 0 Å².